The van der Waals surface area contributed by atoms with E-state index in [0.29, 0.717) is 19.6 Å². The summed E-state index contributed by atoms with van der Waals surface area (Å²) in [6.45, 7) is 3.48. The van der Waals surface area contributed by atoms with Crippen LogP contribution in [0.1, 0.15) is 30.4 Å². The predicted octanol–water partition coefficient (Wildman–Crippen LogP) is 2.73. The van der Waals surface area contributed by atoms with Crippen molar-refractivity contribution in [2.45, 2.75) is 38.5 Å². The molecule has 2 fully saturated rings. The molecule has 2 atom stereocenters. The van der Waals surface area contributed by atoms with Crippen LogP contribution in [-0.2, 0) is 17.9 Å². The highest BCUT2D eigenvalue weighted by atomic mass is 16.5. The zero-order chi connectivity index (χ0) is 19.4. The molecule has 2 saturated heterocycles. The van der Waals surface area contributed by atoms with Gasteiger partial charge in [-0.3, -0.25) is 9.69 Å². The third-order valence-electron chi connectivity index (χ3n) is 5.98. The highest BCUT2D eigenvalue weighted by molar-refractivity contribution is 5.84. The van der Waals surface area contributed by atoms with E-state index in [0.717, 1.165) is 43.8 Å². The lowest BCUT2D eigenvalue weighted by Crippen LogP contribution is -2.61. The van der Waals surface area contributed by atoms with Crippen LogP contribution < -0.4 is 10.1 Å². The number of hydrogen-bond acceptors (Lipinski definition) is 4. The van der Waals surface area contributed by atoms with Gasteiger partial charge in [-0.25, -0.2) is 0 Å². The fourth-order valence-electron chi connectivity index (χ4n) is 4.35. The lowest BCUT2D eigenvalue weighted by atomic mass is 9.71. The van der Waals surface area contributed by atoms with Crippen molar-refractivity contribution in [3.05, 3.63) is 65.7 Å². The summed E-state index contributed by atoms with van der Waals surface area (Å²) in [4.78, 5) is 14.8. The number of ether oxygens (including phenoxy) is 1. The SMILES string of the molecule is O=C1NCCC[C@]12CN(Cc1ccc(OCc3ccccc3)cc1)CC[C@H]2O. The van der Waals surface area contributed by atoms with Gasteiger partial charge < -0.3 is 15.2 Å². The van der Waals surface area contributed by atoms with Gasteiger partial charge in [0.05, 0.1) is 11.5 Å². The lowest BCUT2D eigenvalue weighted by molar-refractivity contribution is -0.149. The Morgan fingerprint density at radius 1 is 1.11 bits per heavy atom. The number of piperidine rings is 2. The van der Waals surface area contributed by atoms with Gasteiger partial charge in [0.2, 0.25) is 5.91 Å². The second-order valence-electron chi connectivity index (χ2n) is 7.95. The average Bonchev–Trinajstić information content (AvgIpc) is 2.73. The largest absolute Gasteiger partial charge is 0.489 e. The van der Waals surface area contributed by atoms with Gasteiger partial charge in [0.1, 0.15) is 12.4 Å². The number of rotatable bonds is 5. The van der Waals surface area contributed by atoms with Crippen molar-refractivity contribution in [2.24, 2.45) is 5.41 Å². The molecule has 28 heavy (non-hydrogen) atoms. The van der Waals surface area contributed by atoms with Crippen LogP contribution in [-0.4, -0.2) is 41.7 Å². The molecule has 0 aromatic heterocycles. The fourth-order valence-corrected chi connectivity index (χ4v) is 4.35. The van der Waals surface area contributed by atoms with E-state index in [9.17, 15) is 9.90 Å². The Morgan fingerprint density at radius 3 is 2.64 bits per heavy atom. The van der Waals surface area contributed by atoms with Crippen molar-refractivity contribution < 1.29 is 14.6 Å². The standard InChI is InChI=1S/C23H28N2O3/c26-21-11-14-25(17-23(21)12-4-13-24-22(23)27)15-18-7-9-20(10-8-18)28-16-19-5-2-1-3-6-19/h1-3,5-10,21,26H,4,11-17H2,(H,24,27)/t21-,23-/m1/s1. The van der Waals surface area contributed by atoms with Gasteiger partial charge >= 0.3 is 0 Å². The van der Waals surface area contributed by atoms with Crippen LogP contribution in [0.25, 0.3) is 0 Å². The molecule has 2 aliphatic rings. The van der Waals surface area contributed by atoms with Crippen LogP contribution in [0.4, 0.5) is 0 Å². The van der Waals surface area contributed by atoms with E-state index in [1.807, 2.05) is 30.3 Å². The molecule has 0 bridgehead atoms. The highest BCUT2D eigenvalue weighted by Gasteiger charge is 2.49. The van der Waals surface area contributed by atoms with Crippen LogP contribution in [0, 0.1) is 5.41 Å². The summed E-state index contributed by atoms with van der Waals surface area (Å²) < 4.78 is 5.86. The number of hydrogen-bond donors (Lipinski definition) is 2. The highest BCUT2D eigenvalue weighted by Crippen LogP contribution is 2.37. The minimum absolute atomic E-state index is 0.0145. The molecule has 0 radical (unpaired) electrons. The average molecular weight is 380 g/mol. The molecule has 2 aromatic rings. The first-order valence-corrected chi connectivity index (χ1v) is 10.1. The summed E-state index contributed by atoms with van der Waals surface area (Å²) in [5, 5.41) is 13.5. The number of aliphatic hydroxyl groups excluding tert-OH is 1. The smallest absolute Gasteiger partial charge is 0.230 e. The summed E-state index contributed by atoms with van der Waals surface area (Å²) in [5.74, 6) is 0.866. The third-order valence-corrected chi connectivity index (χ3v) is 5.98. The molecule has 0 saturated carbocycles. The number of carbonyl (C=O) groups is 1. The van der Waals surface area contributed by atoms with Crippen molar-refractivity contribution >= 4 is 5.91 Å². The van der Waals surface area contributed by atoms with Gasteiger partial charge in [-0.05, 0) is 42.5 Å². The van der Waals surface area contributed by atoms with Gasteiger partial charge in [-0.1, -0.05) is 42.5 Å². The van der Waals surface area contributed by atoms with E-state index in [-0.39, 0.29) is 5.91 Å². The van der Waals surface area contributed by atoms with Crippen LogP contribution in [0.2, 0.25) is 0 Å². The van der Waals surface area contributed by atoms with E-state index < -0.39 is 11.5 Å². The predicted molar refractivity (Wildman–Crippen MR) is 108 cm³/mol. The molecule has 148 valence electrons. The number of amides is 1. The minimum Gasteiger partial charge on any atom is -0.489 e. The van der Waals surface area contributed by atoms with E-state index in [4.69, 9.17) is 4.74 Å². The Balaban J connectivity index is 1.35. The fraction of sp³-hybridized carbons (Fsp3) is 0.435. The Bertz CT molecular complexity index is 793. The maximum absolute atomic E-state index is 12.5. The van der Waals surface area contributed by atoms with Crippen LogP contribution in [0.5, 0.6) is 5.75 Å². The van der Waals surface area contributed by atoms with Crippen LogP contribution >= 0.6 is 0 Å². The first-order valence-electron chi connectivity index (χ1n) is 10.1. The Labute approximate surface area is 166 Å². The summed E-state index contributed by atoms with van der Waals surface area (Å²) >= 11 is 0. The molecule has 2 aromatic carbocycles. The number of nitrogens with one attached hydrogen (secondary N) is 1. The van der Waals surface area contributed by atoms with Crippen LogP contribution in [0.3, 0.4) is 0 Å². The molecule has 2 N–H and O–H groups in total. The summed E-state index contributed by atoms with van der Waals surface area (Å²) in [7, 11) is 0. The molecule has 1 spiro atoms. The molecule has 0 aliphatic carbocycles. The second kappa shape index (κ2) is 8.33. The number of aliphatic hydroxyl groups is 1. The van der Waals surface area contributed by atoms with Gasteiger partial charge in [-0.15, -0.1) is 0 Å². The number of nitrogens with zero attached hydrogens (tertiary/aromatic N) is 1. The Morgan fingerprint density at radius 2 is 1.89 bits per heavy atom. The van der Waals surface area contributed by atoms with Crippen molar-refractivity contribution in [1.29, 1.82) is 0 Å². The summed E-state index contributed by atoms with van der Waals surface area (Å²) in [5.41, 5.74) is 1.69. The summed E-state index contributed by atoms with van der Waals surface area (Å²) in [6, 6.07) is 18.3. The zero-order valence-electron chi connectivity index (χ0n) is 16.1. The summed E-state index contributed by atoms with van der Waals surface area (Å²) in [6.07, 6.45) is 1.80. The zero-order valence-corrected chi connectivity index (χ0v) is 16.1. The normalized spacial score (nSPS) is 25.5. The third kappa shape index (κ3) is 4.05. The molecular weight excluding hydrogens is 352 g/mol. The van der Waals surface area contributed by atoms with E-state index in [2.05, 4.69) is 34.5 Å². The Kier molecular flexibility index (Phi) is 5.64. The molecule has 5 nitrogen and oxygen atoms in total. The molecule has 0 unspecified atom stereocenters. The number of likely N-dealkylation sites (tertiary alicyclic amines) is 1. The monoisotopic (exact) mass is 380 g/mol. The number of carbonyl (C=O) groups excluding carboxylic acids is 1. The van der Waals surface area contributed by atoms with Crippen molar-refractivity contribution in [3.8, 4) is 5.75 Å². The van der Waals surface area contributed by atoms with Gasteiger partial charge in [0, 0.05) is 26.2 Å². The molecule has 2 heterocycles. The maximum Gasteiger partial charge on any atom is 0.230 e. The Hall–Kier alpha value is -2.37. The maximum atomic E-state index is 12.5. The van der Waals surface area contributed by atoms with Gasteiger partial charge in [0.25, 0.3) is 0 Å². The van der Waals surface area contributed by atoms with E-state index >= 15 is 0 Å². The van der Waals surface area contributed by atoms with Crippen molar-refractivity contribution in [2.75, 3.05) is 19.6 Å². The molecule has 4 rings (SSSR count). The lowest BCUT2D eigenvalue weighted by Gasteiger charge is -2.47. The van der Waals surface area contributed by atoms with Gasteiger partial charge in [0.15, 0.2) is 0 Å². The van der Waals surface area contributed by atoms with Gasteiger partial charge in [-0.2, -0.15) is 0 Å². The first kappa shape index (κ1) is 19.0. The quantitative estimate of drug-likeness (QED) is 0.837. The van der Waals surface area contributed by atoms with E-state index in [1.54, 1.807) is 0 Å². The van der Waals surface area contributed by atoms with Crippen molar-refractivity contribution in [3.63, 3.8) is 0 Å². The second-order valence-corrected chi connectivity index (χ2v) is 7.95. The molecule has 2 aliphatic heterocycles. The van der Waals surface area contributed by atoms with Crippen LogP contribution in [0.15, 0.2) is 54.6 Å². The van der Waals surface area contributed by atoms with E-state index in [1.165, 1.54) is 5.56 Å². The van der Waals surface area contributed by atoms with Crippen molar-refractivity contribution in [1.82, 2.24) is 10.2 Å². The minimum atomic E-state index is -0.644. The number of benzene rings is 2. The first-order chi connectivity index (χ1) is 13.7. The molecule has 5 heteroatoms. The molecular formula is C23H28N2O3. The topological polar surface area (TPSA) is 61.8 Å². The molecule has 1 amide bonds.